The molecule has 1 heterocycles. The highest BCUT2D eigenvalue weighted by Crippen LogP contribution is 2.22. The van der Waals surface area contributed by atoms with E-state index in [4.69, 9.17) is 0 Å². The maximum atomic E-state index is 12.0. The number of amides is 1. The SMILES string of the molecule is Cc1ccccc1/C=C\C(=O)NCc1ccc(N(C)c2ccncc2)cc1. The van der Waals surface area contributed by atoms with Gasteiger partial charge in [-0.3, -0.25) is 9.78 Å². The molecule has 0 saturated carbocycles. The number of benzene rings is 2. The zero-order chi connectivity index (χ0) is 19.1. The zero-order valence-corrected chi connectivity index (χ0v) is 15.6. The lowest BCUT2D eigenvalue weighted by molar-refractivity contribution is -0.116. The normalized spacial score (nSPS) is 10.7. The number of anilines is 2. The number of aryl methyl sites for hydroxylation is 1. The Hall–Kier alpha value is -3.40. The van der Waals surface area contributed by atoms with Crippen LogP contribution in [-0.2, 0) is 11.3 Å². The van der Waals surface area contributed by atoms with Crippen molar-refractivity contribution in [3.63, 3.8) is 0 Å². The number of carbonyl (C=O) groups excluding carboxylic acids is 1. The number of hydrogen-bond donors (Lipinski definition) is 1. The minimum absolute atomic E-state index is 0.101. The van der Waals surface area contributed by atoms with Crippen molar-refractivity contribution >= 4 is 23.4 Å². The van der Waals surface area contributed by atoms with Crippen LogP contribution >= 0.6 is 0 Å². The highest BCUT2D eigenvalue weighted by molar-refractivity contribution is 5.91. The van der Waals surface area contributed by atoms with Crippen LogP contribution in [0.5, 0.6) is 0 Å². The number of nitrogens with zero attached hydrogens (tertiary/aromatic N) is 2. The summed E-state index contributed by atoms with van der Waals surface area (Å²) in [4.78, 5) is 18.2. The Bertz CT molecular complexity index is 918. The third-order valence-corrected chi connectivity index (χ3v) is 4.44. The van der Waals surface area contributed by atoms with Crippen molar-refractivity contribution in [1.29, 1.82) is 0 Å². The van der Waals surface area contributed by atoms with E-state index in [-0.39, 0.29) is 5.91 Å². The summed E-state index contributed by atoms with van der Waals surface area (Å²) < 4.78 is 0. The highest BCUT2D eigenvalue weighted by atomic mass is 16.1. The van der Waals surface area contributed by atoms with Crippen LogP contribution in [0.4, 0.5) is 11.4 Å². The summed E-state index contributed by atoms with van der Waals surface area (Å²) in [7, 11) is 2.02. The van der Waals surface area contributed by atoms with Crippen LogP contribution in [0.2, 0.25) is 0 Å². The quantitative estimate of drug-likeness (QED) is 0.661. The molecule has 0 saturated heterocycles. The van der Waals surface area contributed by atoms with Crippen LogP contribution in [-0.4, -0.2) is 17.9 Å². The van der Waals surface area contributed by atoms with E-state index in [2.05, 4.69) is 15.2 Å². The second-order valence-electron chi connectivity index (χ2n) is 6.34. The molecular formula is C23H23N3O. The molecule has 0 bridgehead atoms. The average molecular weight is 357 g/mol. The number of hydrogen-bond acceptors (Lipinski definition) is 3. The van der Waals surface area contributed by atoms with E-state index in [1.807, 2.05) is 80.7 Å². The van der Waals surface area contributed by atoms with Crippen LogP contribution < -0.4 is 10.2 Å². The van der Waals surface area contributed by atoms with E-state index in [1.54, 1.807) is 18.5 Å². The van der Waals surface area contributed by atoms with Gasteiger partial charge < -0.3 is 10.2 Å². The lowest BCUT2D eigenvalue weighted by atomic mass is 10.1. The average Bonchev–Trinajstić information content (AvgIpc) is 2.72. The van der Waals surface area contributed by atoms with Crippen LogP contribution in [0, 0.1) is 6.92 Å². The second-order valence-corrected chi connectivity index (χ2v) is 6.34. The monoisotopic (exact) mass is 357 g/mol. The van der Waals surface area contributed by atoms with Crippen LogP contribution in [0.15, 0.2) is 79.1 Å². The van der Waals surface area contributed by atoms with Crippen molar-refractivity contribution in [1.82, 2.24) is 10.3 Å². The fourth-order valence-electron chi connectivity index (χ4n) is 2.74. The molecule has 136 valence electrons. The standard InChI is InChI=1S/C23H23N3O/c1-18-5-3-4-6-20(18)9-12-23(27)25-17-19-7-10-21(11-8-19)26(2)22-13-15-24-16-14-22/h3-16H,17H2,1-2H3,(H,25,27)/b12-9-. The Balaban J connectivity index is 1.56. The third kappa shape index (κ3) is 5.05. The summed E-state index contributed by atoms with van der Waals surface area (Å²) in [6.07, 6.45) is 6.98. The molecule has 3 rings (SSSR count). The van der Waals surface area contributed by atoms with Crippen LogP contribution in [0.25, 0.3) is 6.08 Å². The maximum Gasteiger partial charge on any atom is 0.244 e. The van der Waals surface area contributed by atoms with Gasteiger partial charge in [-0.1, -0.05) is 36.4 Å². The molecule has 1 aromatic heterocycles. The Morgan fingerprint density at radius 1 is 1.00 bits per heavy atom. The largest absolute Gasteiger partial charge is 0.348 e. The second kappa shape index (κ2) is 8.81. The number of pyridine rings is 1. The molecule has 4 nitrogen and oxygen atoms in total. The van der Waals surface area contributed by atoms with Gasteiger partial charge in [0.05, 0.1) is 0 Å². The smallest absolute Gasteiger partial charge is 0.244 e. The number of nitrogens with one attached hydrogen (secondary N) is 1. The van der Waals surface area contributed by atoms with Gasteiger partial charge in [0.15, 0.2) is 0 Å². The molecule has 4 heteroatoms. The summed E-state index contributed by atoms with van der Waals surface area (Å²) in [6.45, 7) is 2.53. The van der Waals surface area contributed by atoms with Crippen molar-refractivity contribution in [2.24, 2.45) is 0 Å². The van der Waals surface area contributed by atoms with Gasteiger partial charge in [0, 0.05) is 43.4 Å². The molecule has 0 aliphatic rings. The summed E-state index contributed by atoms with van der Waals surface area (Å²) in [6, 6.07) is 20.1. The van der Waals surface area contributed by atoms with Gasteiger partial charge in [0.1, 0.15) is 0 Å². The van der Waals surface area contributed by atoms with Gasteiger partial charge in [-0.15, -0.1) is 0 Å². The molecular weight excluding hydrogens is 334 g/mol. The van der Waals surface area contributed by atoms with Crippen molar-refractivity contribution in [2.45, 2.75) is 13.5 Å². The Kier molecular flexibility index (Phi) is 6.00. The molecule has 2 aromatic carbocycles. The van der Waals surface area contributed by atoms with Crippen molar-refractivity contribution < 1.29 is 4.79 Å². The number of rotatable bonds is 6. The zero-order valence-electron chi connectivity index (χ0n) is 15.6. The maximum absolute atomic E-state index is 12.0. The minimum atomic E-state index is -0.101. The fraction of sp³-hybridized carbons (Fsp3) is 0.130. The molecule has 1 amide bonds. The van der Waals surface area contributed by atoms with Gasteiger partial charge in [-0.2, -0.15) is 0 Å². The van der Waals surface area contributed by atoms with E-state index >= 15 is 0 Å². The first-order valence-electron chi connectivity index (χ1n) is 8.88. The van der Waals surface area contributed by atoms with Crippen molar-refractivity contribution in [3.05, 3.63) is 95.8 Å². The first-order valence-corrected chi connectivity index (χ1v) is 8.88. The summed E-state index contributed by atoms with van der Waals surface area (Å²) in [5, 5.41) is 2.92. The molecule has 0 fully saturated rings. The van der Waals surface area contributed by atoms with Gasteiger partial charge >= 0.3 is 0 Å². The van der Waals surface area contributed by atoms with E-state index in [0.29, 0.717) is 6.54 Å². The van der Waals surface area contributed by atoms with E-state index in [0.717, 1.165) is 28.1 Å². The number of carbonyl (C=O) groups is 1. The van der Waals surface area contributed by atoms with E-state index in [9.17, 15) is 4.79 Å². The summed E-state index contributed by atoms with van der Waals surface area (Å²) in [5.74, 6) is -0.101. The first-order chi connectivity index (χ1) is 13.1. The Morgan fingerprint density at radius 3 is 2.37 bits per heavy atom. The summed E-state index contributed by atoms with van der Waals surface area (Å²) in [5.41, 5.74) is 5.41. The Labute approximate surface area is 160 Å². The van der Waals surface area contributed by atoms with Crippen molar-refractivity contribution in [2.75, 3.05) is 11.9 Å². The predicted octanol–water partition coefficient (Wildman–Crippen LogP) is 4.49. The van der Waals surface area contributed by atoms with Gasteiger partial charge in [0.2, 0.25) is 5.91 Å². The molecule has 0 aliphatic carbocycles. The first kappa shape index (κ1) is 18.4. The van der Waals surface area contributed by atoms with Crippen molar-refractivity contribution in [3.8, 4) is 0 Å². The van der Waals surface area contributed by atoms with Crippen LogP contribution in [0.3, 0.4) is 0 Å². The molecule has 0 aliphatic heterocycles. The molecule has 0 unspecified atom stereocenters. The minimum Gasteiger partial charge on any atom is -0.348 e. The molecule has 1 N–H and O–H groups in total. The predicted molar refractivity (Wildman–Crippen MR) is 111 cm³/mol. The van der Waals surface area contributed by atoms with Crippen LogP contribution in [0.1, 0.15) is 16.7 Å². The lowest BCUT2D eigenvalue weighted by Crippen LogP contribution is -2.20. The van der Waals surface area contributed by atoms with Gasteiger partial charge in [-0.25, -0.2) is 0 Å². The van der Waals surface area contributed by atoms with E-state index < -0.39 is 0 Å². The fourth-order valence-corrected chi connectivity index (χ4v) is 2.74. The number of aromatic nitrogens is 1. The molecule has 0 atom stereocenters. The summed E-state index contributed by atoms with van der Waals surface area (Å²) >= 11 is 0. The third-order valence-electron chi connectivity index (χ3n) is 4.44. The molecule has 27 heavy (non-hydrogen) atoms. The van der Waals surface area contributed by atoms with Gasteiger partial charge in [-0.05, 0) is 54.0 Å². The topological polar surface area (TPSA) is 45.2 Å². The lowest BCUT2D eigenvalue weighted by Gasteiger charge is -2.19. The Morgan fingerprint density at radius 2 is 1.67 bits per heavy atom. The molecule has 0 radical (unpaired) electrons. The molecule has 0 spiro atoms. The highest BCUT2D eigenvalue weighted by Gasteiger charge is 2.04. The van der Waals surface area contributed by atoms with E-state index in [1.165, 1.54) is 0 Å². The molecule has 3 aromatic rings. The van der Waals surface area contributed by atoms with Gasteiger partial charge in [0.25, 0.3) is 0 Å².